The topological polar surface area (TPSA) is 357 Å². The summed E-state index contributed by atoms with van der Waals surface area (Å²) in [5, 5.41) is 27.5. The number of guanidine groups is 1. The minimum atomic E-state index is -1.15. The van der Waals surface area contributed by atoms with Gasteiger partial charge in [-0.1, -0.05) is 0 Å². The second kappa shape index (κ2) is 26.7. The third-order valence-electron chi connectivity index (χ3n) is 7.69. The standard InChI is InChI=1S/C33H62N12O9/c1-18(13-26(47)41-20(3)15-28(49)45-24(32(53)54)9-6-7-11-34)39-25(46)14-19(2)40-27(48)16-21(4)42-30(51)22(5)43-31(52)23(44-29(50)17-35)10-8-12-38-33(36)37/h18-24H,6-17,34-35H2,1-5H3,(H,39,46)(H,40,48)(H,41,47)(H,42,51)(H,43,52)(H,44,50)(H,45,49)(H,53,54)(H4,36,37,38)/t18-,19+,20+,21-,22-,23-,24-/m0/s1. The van der Waals surface area contributed by atoms with Gasteiger partial charge in [-0.3, -0.25) is 38.6 Å². The fourth-order valence-corrected chi connectivity index (χ4v) is 5.09. The van der Waals surface area contributed by atoms with Crippen LogP contribution in [-0.2, 0) is 38.4 Å². The Kier molecular flexibility index (Phi) is 24.2. The van der Waals surface area contributed by atoms with E-state index in [-0.39, 0.29) is 57.6 Å². The molecular weight excluding hydrogens is 708 g/mol. The van der Waals surface area contributed by atoms with Gasteiger partial charge in [-0.2, -0.15) is 0 Å². The van der Waals surface area contributed by atoms with E-state index in [0.717, 1.165) is 0 Å². The molecule has 0 aliphatic carbocycles. The molecule has 16 N–H and O–H groups in total. The van der Waals surface area contributed by atoms with E-state index in [2.05, 4.69) is 42.2 Å². The number of amides is 7. The van der Waals surface area contributed by atoms with Gasteiger partial charge < -0.3 is 65.3 Å². The summed E-state index contributed by atoms with van der Waals surface area (Å²) in [6.07, 6.45) is 1.52. The number of carbonyl (C=O) groups excluding carboxylic acids is 7. The van der Waals surface area contributed by atoms with Crippen molar-refractivity contribution < 1.29 is 43.5 Å². The highest BCUT2D eigenvalue weighted by Gasteiger charge is 2.26. The molecule has 0 aliphatic heterocycles. The average molecular weight is 771 g/mol. The predicted octanol–water partition coefficient (Wildman–Crippen LogP) is -3.73. The summed E-state index contributed by atoms with van der Waals surface area (Å²) in [5.74, 6) is -4.83. The largest absolute Gasteiger partial charge is 0.480 e. The number of carbonyl (C=O) groups is 8. The van der Waals surface area contributed by atoms with Crippen LogP contribution in [0.15, 0.2) is 4.99 Å². The van der Waals surface area contributed by atoms with Crippen molar-refractivity contribution in [3.8, 4) is 0 Å². The lowest BCUT2D eigenvalue weighted by Gasteiger charge is -2.22. The zero-order chi connectivity index (χ0) is 41.4. The number of rotatable bonds is 27. The van der Waals surface area contributed by atoms with Crippen LogP contribution in [-0.4, -0.2) is 120 Å². The number of aliphatic imine (C=N–C) groups is 1. The molecule has 21 heteroatoms. The van der Waals surface area contributed by atoms with Gasteiger partial charge in [-0.25, -0.2) is 4.79 Å². The van der Waals surface area contributed by atoms with Crippen molar-refractivity contribution in [1.29, 1.82) is 0 Å². The minimum absolute atomic E-state index is 0.0895. The molecular formula is C33H62N12O9. The highest BCUT2D eigenvalue weighted by molar-refractivity contribution is 5.92. The molecule has 0 spiro atoms. The third-order valence-corrected chi connectivity index (χ3v) is 7.69. The molecule has 0 heterocycles. The zero-order valence-electron chi connectivity index (χ0n) is 32.0. The second-order valence-electron chi connectivity index (χ2n) is 13.4. The van der Waals surface area contributed by atoms with Crippen molar-refractivity contribution in [1.82, 2.24) is 37.2 Å². The maximum atomic E-state index is 12.8. The van der Waals surface area contributed by atoms with Crippen LogP contribution in [0.1, 0.15) is 92.4 Å². The summed E-state index contributed by atoms with van der Waals surface area (Å²) in [5.41, 5.74) is 21.4. The molecule has 0 bridgehead atoms. The molecule has 0 rings (SSSR count). The molecule has 0 saturated heterocycles. The van der Waals surface area contributed by atoms with Crippen LogP contribution in [0, 0.1) is 0 Å². The highest BCUT2D eigenvalue weighted by atomic mass is 16.4. The number of nitrogens with one attached hydrogen (secondary N) is 7. The average Bonchev–Trinajstić information content (AvgIpc) is 3.04. The first-order chi connectivity index (χ1) is 25.3. The molecule has 7 amide bonds. The first-order valence-corrected chi connectivity index (χ1v) is 18.0. The SMILES string of the molecule is C[C@H](CC(=O)N[C@@H](CCCCN)C(=O)O)NC(=O)C[C@H](C)NC(=O)C[C@@H](C)NC(=O)C[C@H](C)NC(=O)[C@H](C)NC(=O)[C@H](CCCN=C(N)N)NC(=O)CN. The van der Waals surface area contributed by atoms with E-state index in [0.29, 0.717) is 25.8 Å². The number of nitrogens with zero attached hydrogens (tertiary/aromatic N) is 1. The quantitative estimate of drug-likeness (QED) is 0.0217. The number of unbranched alkanes of at least 4 members (excludes halogenated alkanes) is 1. The summed E-state index contributed by atoms with van der Waals surface area (Å²) in [4.78, 5) is 103. The highest BCUT2D eigenvalue weighted by Crippen LogP contribution is 2.04. The van der Waals surface area contributed by atoms with E-state index in [1.165, 1.54) is 6.92 Å². The lowest BCUT2D eigenvalue weighted by molar-refractivity contribution is -0.142. The Morgan fingerprint density at radius 2 is 0.963 bits per heavy atom. The van der Waals surface area contributed by atoms with Gasteiger partial charge in [-0.05, 0) is 73.3 Å². The molecule has 0 aliphatic rings. The van der Waals surface area contributed by atoms with Gasteiger partial charge in [-0.15, -0.1) is 0 Å². The van der Waals surface area contributed by atoms with E-state index in [1.807, 2.05) is 0 Å². The number of hydrogen-bond donors (Lipinski definition) is 12. The molecule has 0 aromatic carbocycles. The van der Waals surface area contributed by atoms with E-state index in [4.69, 9.17) is 22.9 Å². The van der Waals surface area contributed by atoms with Crippen LogP contribution in [0.25, 0.3) is 0 Å². The van der Waals surface area contributed by atoms with Gasteiger partial charge in [0.1, 0.15) is 18.1 Å². The first-order valence-electron chi connectivity index (χ1n) is 18.0. The molecule has 308 valence electrons. The maximum absolute atomic E-state index is 12.8. The van der Waals surface area contributed by atoms with Crippen LogP contribution in [0.4, 0.5) is 0 Å². The van der Waals surface area contributed by atoms with Crippen LogP contribution in [0.2, 0.25) is 0 Å². The number of carboxylic acids is 1. The lowest BCUT2D eigenvalue weighted by atomic mass is 10.1. The van der Waals surface area contributed by atoms with Gasteiger partial charge in [0, 0.05) is 56.4 Å². The third kappa shape index (κ3) is 23.5. The lowest BCUT2D eigenvalue weighted by Crippen LogP contribution is -2.54. The fraction of sp³-hybridized carbons (Fsp3) is 0.727. The summed E-state index contributed by atoms with van der Waals surface area (Å²) < 4.78 is 0. The van der Waals surface area contributed by atoms with Gasteiger partial charge >= 0.3 is 5.97 Å². The van der Waals surface area contributed by atoms with Gasteiger partial charge in [0.25, 0.3) is 0 Å². The molecule has 0 unspecified atom stereocenters. The van der Waals surface area contributed by atoms with Crippen molar-refractivity contribution in [2.24, 2.45) is 27.9 Å². The Morgan fingerprint density at radius 3 is 1.39 bits per heavy atom. The van der Waals surface area contributed by atoms with E-state index in [9.17, 15) is 43.5 Å². The van der Waals surface area contributed by atoms with Crippen LogP contribution < -0.4 is 60.2 Å². The van der Waals surface area contributed by atoms with Crippen molar-refractivity contribution in [3.63, 3.8) is 0 Å². The summed E-state index contributed by atoms with van der Waals surface area (Å²) >= 11 is 0. The molecule has 7 atom stereocenters. The van der Waals surface area contributed by atoms with E-state index in [1.54, 1.807) is 27.7 Å². The first kappa shape index (κ1) is 49.0. The van der Waals surface area contributed by atoms with Crippen molar-refractivity contribution in [2.45, 2.75) is 135 Å². The Balaban J connectivity index is 4.69. The van der Waals surface area contributed by atoms with Crippen LogP contribution in [0.3, 0.4) is 0 Å². The summed E-state index contributed by atoms with van der Waals surface area (Å²) in [6.45, 7) is 8.18. The van der Waals surface area contributed by atoms with Crippen LogP contribution >= 0.6 is 0 Å². The Hall–Kier alpha value is -5.05. The maximum Gasteiger partial charge on any atom is 0.326 e. The molecule has 0 fully saturated rings. The smallest absolute Gasteiger partial charge is 0.326 e. The molecule has 0 saturated carbocycles. The van der Waals surface area contributed by atoms with Gasteiger partial charge in [0.15, 0.2) is 5.96 Å². The Morgan fingerprint density at radius 1 is 0.537 bits per heavy atom. The van der Waals surface area contributed by atoms with E-state index >= 15 is 0 Å². The van der Waals surface area contributed by atoms with Gasteiger partial charge in [0.05, 0.1) is 6.54 Å². The molecule has 0 aromatic heterocycles. The molecule has 54 heavy (non-hydrogen) atoms. The Bertz CT molecular complexity index is 1300. The number of nitrogens with two attached hydrogens (primary N) is 4. The molecule has 21 nitrogen and oxygen atoms in total. The number of aliphatic carboxylic acids is 1. The molecule has 0 radical (unpaired) electrons. The zero-order valence-corrected chi connectivity index (χ0v) is 32.0. The number of hydrogen-bond acceptors (Lipinski definition) is 11. The Labute approximate surface area is 316 Å². The normalized spacial score (nSPS) is 14.6. The van der Waals surface area contributed by atoms with E-state index < -0.39 is 89.6 Å². The van der Waals surface area contributed by atoms with Crippen molar-refractivity contribution in [2.75, 3.05) is 19.6 Å². The second-order valence-corrected chi connectivity index (χ2v) is 13.4. The predicted molar refractivity (Wildman–Crippen MR) is 200 cm³/mol. The summed E-state index contributed by atoms with van der Waals surface area (Å²) in [7, 11) is 0. The number of carboxylic acid groups (broad SMARTS) is 1. The molecule has 0 aromatic rings. The van der Waals surface area contributed by atoms with Crippen molar-refractivity contribution >= 4 is 53.3 Å². The van der Waals surface area contributed by atoms with Crippen LogP contribution in [0.5, 0.6) is 0 Å². The monoisotopic (exact) mass is 770 g/mol. The van der Waals surface area contributed by atoms with Crippen molar-refractivity contribution in [3.05, 3.63) is 0 Å². The minimum Gasteiger partial charge on any atom is -0.480 e. The van der Waals surface area contributed by atoms with Gasteiger partial charge in [0.2, 0.25) is 41.4 Å². The summed E-state index contributed by atoms with van der Waals surface area (Å²) in [6, 6.07) is -5.44. The fourth-order valence-electron chi connectivity index (χ4n) is 5.09.